The number of ether oxygens (including phenoxy) is 4. The first-order valence-electron chi connectivity index (χ1n) is 6.02. The smallest absolute Gasteiger partial charge is 0.303 e. The zero-order chi connectivity index (χ0) is 15.7. The minimum absolute atomic E-state index is 0.139. The molecule has 118 valence electrons. The van der Waals surface area contributed by atoms with E-state index in [1.807, 2.05) is 0 Å². The van der Waals surface area contributed by atoms with E-state index in [1.165, 1.54) is 21.1 Å². The van der Waals surface area contributed by atoms with Crippen LogP contribution >= 0.6 is 0 Å². The molecule has 0 amide bonds. The van der Waals surface area contributed by atoms with E-state index in [0.717, 1.165) is 6.92 Å². The Morgan fingerprint density at radius 2 is 1.65 bits per heavy atom. The molecule has 0 aromatic rings. The lowest BCUT2D eigenvalue weighted by atomic mass is 10.0. The third-order valence-corrected chi connectivity index (χ3v) is 2.61. The van der Waals surface area contributed by atoms with E-state index in [0.29, 0.717) is 0 Å². The van der Waals surface area contributed by atoms with Gasteiger partial charge in [-0.3, -0.25) is 9.59 Å². The fraction of sp³-hybridized carbons (Fsp3) is 0.833. The van der Waals surface area contributed by atoms with Crippen LogP contribution in [0.25, 0.3) is 0 Å². The molecule has 0 rings (SSSR count). The van der Waals surface area contributed by atoms with E-state index in [-0.39, 0.29) is 6.61 Å². The molecule has 0 aliphatic heterocycles. The average Bonchev–Trinajstić information content (AvgIpc) is 2.39. The van der Waals surface area contributed by atoms with E-state index >= 15 is 0 Å². The van der Waals surface area contributed by atoms with Gasteiger partial charge in [0.2, 0.25) is 0 Å². The number of esters is 2. The third kappa shape index (κ3) is 6.29. The Bertz CT molecular complexity index is 306. The van der Waals surface area contributed by atoms with Crippen molar-refractivity contribution in [1.29, 1.82) is 0 Å². The highest BCUT2D eigenvalue weighted by atomic mass is 16.6. The van der Waals surface area contributed by atoms with Crippen LogP contribution in [0.3, 0.4) is 0 Å². The Morgan fingerprint density at radius 1 is 1.05 bits per heavy atom. The highest BCUT2D eigenvalue weighted by molar-refractivity contribution is 5.66. The average molecular weight is 294 g/mol. The molecule has 20 heavy (non-hydrogen) atoms. The second-order valence-corrected chi connectivity index (χ2v) is 4.10. The van der Waals surface area contributed by atoms with Crippen LogP contribution in [0.15, 0.2) is 0 Å². The standard InChI is InChI=1S/C12H22O8/c1-7(14)19-6-10(17-3)12(18-4)11(16)9(5-13)20-8(2)15/h9-13,16H,5-6H2,1-4H3/t9-,10+,11+,12-/m1/s1. The number of hydrogen-bond acceptors (Lipinski definition) is 8. The molecule has 8 heteroatoms. The SMILES string of the molecule is CO[C@@H]([C@@H](O)[C@@H](CO)OC(C)=O)[C@H](COC(C)=O)OC. The van der Waals surface area contributed by atoms with Gasteiger partial charge < -0.3 is 29.2 Å². The van der Waals surface area contributed by atoms with Crippen molar-refractivity contribution in [2.24, 2.45) is 0 Å². The van der Waals surface area contributed by atoms with Gasteiger partial charge in [-0.1, -0.05) is 0 Å². The Morgan fingerprint density at radius 3 is 2.00 bits per heavy atom. The molecule has 0 aliphatic carbocycles. The summed E-state index contributed by atoms with van der Waals surface area (Å²) in [5.74, 6) is -1.15. The number of aliphatic hydroxyl groups excluding tert-OH is 2. The maximum Gasteiger partial charge on any atom is 0.303 e. The highest BCUT2D eigenvalue weighted by Crippen LogP contribution is 2.14. The Kier molecular flexibility index (Phi) is 9.06. The van der Waals surface area contributed by atoms with Crippen molar-refractivity contribution in [3.8, 4) is 0 Å². The summed E-state index contributed by atoms with van der Waals surface area (Å²) >= 11 is 0. The molecule has 0 fully saturated rings. The fourth-order valence-electron chi connectivity index (χ4n) is 1.65. The van der Waals surface area contributed by atoms with Crippen LogP contribution in [-0.2, 0) is 28.5 Å². The van der Waals surface area contributed by atoms with Gasteiger partial charge in [0.15, 0.2) is 6.10 Å². The normalized spacial score (nSPS) is 16.9. The van der Waals surface area contributed by atoms with Gasteiger partial charge in [-0.2, -0.15) is 0 Å². The van der Waals surface area contributed by atoms with Crippen molar-refractivity contribution < 1.29 is 38.7 Å². The van der Waals surface area contributed by atoms with Crippen LogP contribution in [-0.4, -0.2) is 74.0 Å². The second-order valence-electron chi connectivity index (χ2n) is 4.10. The molecule has 0 radical (unpaired) electrons. The second kappa shape index (κ2) is 9.65. The molecular formula is C12H22O8. The summed E-state index contributed by atoms with van der Waals surface area (Å²) in [6.07, 6.45) is -4.22. The molecular weight excluding hydrogens is 272 g/mol. The van der Waals surface area contributed by atoms with Gasteiger partial charge >= 0.3 is 11.9 Å². The van der Waals surface area contributed by atoms with Crippen LogP contribution < -0.4 is 0 Å². The van der Waals surface area contributed by atoms with E-state index in [4.69, 9.17) is 24.1 Å². The van der Waals surface area contributed by atoms with Crippen LogP contribution in [0.2, 0.25) is 0 Å². The lowest BCUT2D eigenvalue weighted by Gasteiger charge is -2.31. The van der Waals surface area contributed by atoms with Crippen LogP contribution in [0, 0.1) is 0 Å². The minimum atomic E-state index is -1.34. The maximum atomic E-state index is 10.9. The fourth-order valence-corrected chi connectivity index (χ4v) is 1.65. The number of carbonyl (C=O) groups excluding carboxylic acids is 2. The van der Waals surface area contributed by atoms with Crippen molar-refractivity contribution in [2.75, 3.05) is 27.4 Å². The summed E-state index contributed by atoms with van der Waals surface area (Å²) in [5.41, 5.74) is 0. The van der Waals surface area contributed by atoms with E-state index in [2.05, 4.69) is 0 Å². The monoisotopic (exact) mass is 294 g/mol. The molecule has 2 N–H and O–H groups in total. The summed E-state index contributed by atoms with van der Waals surface area (Å²) in [4.78, 5) is 21.7. The molecule has 0 saturated heterocycles. The van der Waals surface area contributed by atoms with Crippen molar-refractivity contribution in [1.82, 2.24) is 0 Å². The zero-order valence-corrected chi connectivity index (χ0v) is 12.1. The summed E-state index contributed by atoms with van der Waals surface area (Å²) in [6, 6.07) is 0. The van der Waals surface area contributed by atoms with Gasteiger partial charge in [0.05, 0.1) is 6.61 Å². The molecule has 0 unspecified atom stereocenters. The summed E-state index contributed by atoms with van der Waals surface area (Å²) in [7, 11) is 2.67. The van der Waals surface area contributed by atoms with Crippen LogP contribution in [0.4, 0.5) is 0 Å². The van der Waals surface area contributed by atoms with E-state index in [1.54, 1.807) is 0 Å². The van der Waals surface area contributed by atoms with Crippen molar-refractivity contribution >= 4 is 11.9 Å². The first kappa shape index (κ1) is 18.8. The predicted molar refractivity (Wildman–Crippen MR) is 66.9 cm³/mol. The molecule has 0 saturated carbocycles. The molecule has 8 nitrogen and oxygen atoms in total. The number of hydrogen-bond donors (Lipinski definition) is 2. The Labute approximate surface area is 117 Å². The van der Waals surface area contributed by atoms with E-state index in [9.17, 15) is 14.7 Å². The number of carbonyl (C=O) groups is 2. The molecule has 0 aromatic carbocycles. The summed E-state index contributed by atoms with van der Waals surface area (Å²) in [6.45, 7) is 1.68. The molecule has 0 aromatic heterocycles. The van der Waals surface area contributed by atoms with Gasteiger partial charge in [-0.05, 0) is 0 Å². The molecule has 4 atom stereocenters. The molecule has 0 spiro atoms. The first-order chi connectivity index (χ1) is 9.37. The van der Waals surface area contributed by atoms with Crippen LogP contribution in [0.1, 0.15) is 13.8 Å². The predicted octanol–water partition coefficient (Wildman–Crippen LogP) is -1.14. The molecule has 0 aliphatic rings. The lowest BCUT2D eigenvalue weighted by Crippen LogP contribution is -2.50. The third-order valence-electron chi connectivity index (χ3n) is 2.61. The first-order valence-corrected chi connectivity index (χ1v) is 6.02. The topological polar surface area (TPSA) is 112 Å². The van der Waals surface area contributed by atoms with Gasteiger partial charge in [0.25, 0.3) is 0 Å². The molecule has 0 bridgehead atoms. The van der Waals surface area contributed by atoms with E-state index < -0.39 is 43.0 Å². The quantitative estimate of drug-likeness (QED) is 0.514. The number of aliphatic hydroxyl groups is 2. The van der Waals surface area contributed by atoms with Gasteiger partial charge in [0.1, 0.15) is 24.9 Å². The number of rotatable bonds is 9. The summed E-state index contributed by atoms with van der Waals surface area (Å²) < 4.78 is 19.8. The Hall–Kier alpha value is -1.22. The lowest BCUT2D eigenvalue weighted by molar-refractivity contribution is -0.178. The number of methoxy groups -OCH3 is 2. The molecule has 0 heterocycles. The maximum absolute atomic E-state index is 10.9. The van der Waals surface area contributed by atoms with Gasteiger partial charge in [-0.15, -0.1) is 0 Å². The van der Waals surface area contributed by atoms with Crippen molar-refractivity contribution in [3.05, 3.63) is 0 Å². The van der Waals surface area contributed by atoms with Gasteiger partial charge in [-0.25, -0.2) is 0 Å². The van der Waals surface area contributed by atoms with Crippen molar-refractivity contribution in [2.45, 2.75) is 38.3 Å². The zero-order valence-electron chi connectivity index (χ0n) is 12.1. The minimum Gasteiger partial charge on any atom is -0.463 e. The largest absolute Gasteiger partial charge is 0.463 e. The summed E-state index contributed by atoms with van der Waals surface area (Å²) in [5, 5.41) is 19.2. The van der Waals surface area contributed by atoms with Crippen LogP contribution in [0.5, 0.6) is 0 Å². The van der Waals surface area contributed by atoms with Crippen molar-refractivity contribution in [3.63, 3.8) is 0 Å². The Balaban J connectivity index is 4.81. The van der Waals surface area contributed by atoms with Gasteiger partial charge in [0, 0.05) is 28.1 Å². The highest BCUT2D eigenvalue weighted by Gasteiger charge is 2.36.